The summed E-state index contributed by atoms with van der Waals surface area (Å²) >= 11 is 1.25. The topological polar surface area (TPSA) is 99.2 Å². The number of amides is 1. The summed E-state index contributed by atoms with van der Waals surface area (Å²) in [7, 11) is 0. The predicted octanol–water partition coefficient (Wildman–Crippen LogP) is 4.11. The van der Waals surface area contributed by atoms with Crippen LogP contribution in [0.2, 0.25) is 0 Å². The maximum atomic E-state index is 13.2. The molecule has 1 atom stereocenters. The van der Waals surface area contributed by atoms with Crippen molar-refractivity contribution >= 4 is 40.0 Å². The molecule has 0 radical (unpaired) electrons. The number of hydrogen-bond acceptors (Lipinski definition) is 6. The summed E-state index contributed by atoms with van der Waals surface area (Å²) in [6, 6.07) is 13.5. The molecule has 0 spiro atoms. The summed E-state index contributed by atoms with van der Waals surface area (Å²) in [5, 5.41) is 12.5. The van der Waals surface area contributed by atoms with Gasteiger partial charge in [-0.15, -0.1) is 11.3 Å². The van der Waals surface area contributed by atoms with Gasteiger partial charge in [-0.25, -0.2) is 4.98 Å². The first-order valence-corrected chi connectivity index (χ1v) is 10.1. The highest BCUT2D eigenvalue weighted by Gasteiger charge is 2.46. The van der Waals surface area contributed by atoms with Crippen LogP contribution in [0.25, 0.3) is 11.0 Å². The van der Waals surface area contributed by atoms with E-state index in [1.54, 1.807) is 41.9 Å². The second-order valence-electron chi connectivity index (χ2n) is 6.98. The van der Waals surface area contributed by atoms with Crippen LogP contribution in [0.4, 0.5) is 5.95 Å². The van der Waals surface area contributed by atoms with Gasteiger partial charge in [0, 0.05) is 6.20 Å². The summed E-state index contributed by atoms with van der Waals surface area (Å²) < 4.78 is 0. The van der Waals surface area contributed by atoms with Crippen molar-refractivity contribution in [2.75, 3.05) is 4.90 Å². The van der Waals surface area contributed by atoms with Gasteiger partial charge in [0.1, 0.15) is 6.04 Å². The average molecular weight is 416 g/mol. The lowest BCUT2D eigenvalue weighted by atomic mass is 9.99. The Labute approximate surface area is 175 Å². The van der Waals surface area contributed by atoms with Crippen molar-refractivity contribution in [1.82, 2.24) is 15.0 Å². The quantitative estimate of drug-likeness (QED) is 0.488. The molecule has 5 rings (SSSR count). The zero-order valence-corrected chi connectivity index (χ0v) is 16.7. The Morgan fingerprint density at radius 3 is 2.80 bits per heavy atom. The molecule has 30 heavy (non-hydrogen) atoms. The number of aliphatic hydroxyl groups is 1. The first-order chi connectivity index (χ1) is 14.5. The number of nitrogens with zero attached hydrogens (tertiary/aromatic N) is 3. The second-order valence-corrected chi connectivity index (χ2v) is 7.93. The van der Waals surface area contributed by atoms with Crippen molar-refractivity contribution < 1.29 is 14.7 Å². The summed E-state index contributed by atoms with van der Waals surface area (Å²) in [6.07, 6.45) is 1.59. The zero-order valence-electron chi connectivity index (χ0n) is 15.9. The molecule has 4 heterocycles. The number of H-pyrrole nitrogens is 1. The van der Waals surface area contributed by atoms with E-state index in [2.05, 4.69) is 15.0 Å². The van der Waals surface area contributed by atoms with Crippen LogP contribution in [0.5, 0.6) is 0 Å². The fraction of sp³-hybridized carbons (Fsp3) is 0.0909. The molecule has 3 aromatic heterocycles. The molecule has 1 aromatic carbocycles. The van der Waals surface area contributed by atoms with Crippen LogP contribution in [0, 0.1) is 6.92 Å². The summed E-state index contributed by atoms with van der Waals surface area (Å²) in [4.78, 5) is 40.1. The van der Waals surface area contributed by atoms with E-state index < -0.39 is 23.5 Å². The number of anilines is 1. The lowest BCUT2D eigenvalue weighted by Crippen LogP contribution is -2.32. The van der Waals surface area contributed by atoms with Gasteiger partial charge in [-0.2, -0.15) is 0 Å². The number of benzene rings is 1. The Balaban J connectivity index is 1.68. The summed E-state index contributed by atoms with van der Waals surface area (Å²) in [6.45, 7) is 1.96. The third-order valence-corrected chi connectivity index (χ3v) is 5.89. The number of nitrogens with one attached hydrogen (secondary N) is 1. The predicted molar refractivity (Wildman–Crippen MR) is 114 cm³/mol. The van der Waals surface area contributed by atoms with Crippen LogP contribution in [0.3, 0.4) is 0 Å². The van der Waals surface area contributed by atoms with Gasteiger partial charge in [0.2, 0.25) is 11.7 Å². The minimum Gasteiger partial charge on any atom is -0.503 e. The van der Waals surface area contributed by atoms with Crippen LogP contribution in [0.15, 0.2) is 71.4 Å². The Bertz CT molecular complexity index is 1310. The van der Waals surface area contributed by atoms with E-state index in [0.29, 0.717) is 16.1 Å². The lowest BCUT2D eigenvalue weighted by Gasteiger charge is -2.23. The normalized spacial score (nSPS) is 16.6. The van der Waals surface area contributed by atoms with Gasteiger partial charge in [-0.3, -0.25) is 19.5 Å². The highest BCUT2D eigenvalue weighted by atomic mass is 32.1. The Kier molecular flexibility index (Phi) is 4.22. The standard InChI is InChI=1S/C22H16N4O3S/c1-12-7-8-13-15(11-12)25-22(24-13)26-18(14-5-2-3-9-23-14)17(20(28)21(26)29)19(27)16-6-4-10-30-16/h2-11,18,28H,1H3,(H,24,25). The van der Waals surface area contributed by atoms with E-state index in [9.17, 15) is 14.7 Å². The van der Waals surface area contributed by atoms with Crippen molar-refractivity contribution in [3.05, 3.63) is 87.6 Å². The molecule has 1 unspecified atom stereocenters. The average Bonchev–Trinajstić information content (AvgIpc) is 3.47. The number of aryl methyl sites for hydroxylation is 1. The number of imidazole rings is 1. The highest BCUT2D eigenvalue weighted by molar-refractivity contribution is 7.12. The molecule has 1 amide bonds. The Morgan fingerprint density at radius 2 is 2.07 bits per heavy atom. The SMILES string of the molecule is Cc1ccc2nc(N3C(=O)C(O)=C(C(=O)c4cccs4)C3c3ccccn3)[nH]c2c1. The molecule has 0 aliphatic carbocycles. The third kappa shape index (κ3) is 2.81. The number of ketones is 1. The van der Waals surface area contributed by atoms with Crippen LogP contribution < -0.4 is 4.90 Å². The fourth-order valence-corrected chi connectivity index (χ4v) is 4.32. The van der Waals surface area contributed by atoms with Gasteiger partial charge in [-0.1, -0.05) is 18.2 Å². The minimum absolute atomic E-state index is 0.00205. The van der Waals surface area contributed by atoms with E-state index in [-0.39, 0.29) is 11.5 Å². The van der Waals surface area contributed by atoms with Gasteiger partial charge in [-0.05, 0) is 48.2 Å². The van der Waals surface area contributed by atoms with Crippen molar-refractivity contribution in [2.45, 2.75) is 13.0 Å². The molecule has 7 nitrogen and oxygen atoms in total. The monoisotopic (exact) mass is 416 g/mol. The number of Topliss-reactive ketones (excluding diaryl/α,β-unsaturated/α-hetero) is 1. The molecule has 8 heteroatoms. The van der Waals surface area contributed by atoms with Crippen LogP contribution >= 0.6 is 11.3 Å². The number of carbonyl (C=O) groups excluding carboxylic acids is 2. The Morgan fingerprint density at radius 1 is 1.20 bits per heavy atom. The highest BCUT2D eigenvalue weighted by Crippen LogP contribution is 2.41. The summed E-state index contributed by atoms with van der Waals surface area (Å²) in [5.74, 6) is -1.43. The van der Waals surface area contributed by atoms with E-state index in [0.717, 1.165) is 11.1 Å². The molecule has 1 aliphatic heterocycles. The molecule has 1 aliphatic rings. The second kappa shape index (κ2) is 6.93. The van der Waals surface area contributed by atoms with Gasteiger partial charge >= 0.3 is 0 Å². The number of fused-ring (bicyclic) bond motifs is 1. The summed E-state index contributed by atoms with van der Waals surface area (Å²) in [5.41, 5.74) is 2.95. The molecule has 0 saturated carbocycles. The van der Waals surface area contributed by atoms with Crippen molar-refractivity contribution in [1.29, 1.82) is 0 Å². The van der Waals surface area contributed by atoms with Gasteiger partial charge in [0.25, 0.3) is 5.91 Å². The molecule has 0 fully saturated rings. The van der Waals surface area contributed by atoms with E-state index in [4.69, 9.17) is 0 Å². The first kappa shape index (κ1) is 18.3. The number of pyridine rings is 1. The Hall–Kier alpha value is -3.78. The molecule has 148 valence electrons. The minimum atomic E-state index is -0.894. The fourth-order valence-electron chi connectivity index (χ4n) is 3.64. The number of rotatable bonds is 4. The van der Waals surface area contributed by atoms with Crippen LogP contribution in [-0.2, 0) is 4.79 Å². The number of aromatic nitrogens is 3. The molecular formula is C22H16N4O3S. The lowest BCUT2D eigenvalue weighted by molar-refractivity contribution is -0.117. The van der Waals surface area contributed by atoms with Crippen molar-refractivity contribution in [2.24, 2.45) is 0 Å². The number of carbonyl (C=O) groups is 2. The smallest absolute Gasteiger partial charge is 0.296 e. The molecule has 2 N–H and O–H groups in total. The number of hydrogen-bond donors (Lipinski definition) is 2. The van der Waals surface area contributed by atoms with Gasteiger partial charge in [0.05, 0.1) is 27.2 Å². The zero-order chi connectivity index (χ0) is 20.8. The van der Waals surface area contributed by atoms with Crippen molar-refractivity contribution in [3.8, 4) is 0 Å². The number of thiophene rings is 1. The number of aliphatic hydroxyl groups excluding tert-OH is 1. The van der Waals surface area contributed by atoms with Gasteiger partial charge in [0.15, 0.2) is 5.76 Å². The maximum absolute atomic E-state index is 13.2. The van der Waals surface area contributed by atoms with E-state index in [1.807, 2.05) is 25.1 Å². The number of aromatic amines is 1. The largest absolute Gasteiger partial charge is 0.503 e. The van der Waals surface area contributed by atoms with Crippen LogP contribution in [-0.4, -0.2) is 31.7 Å². The molecule has 0 bridgehead atoms. The molecule has 0 saturated heterocycles. The maximum Gasteiger partial charge on any atom is 0.296 e. The van der Waals surface area contributed by atoms with E-state index in [1.165, 1.54) is 16.2 Å². The molecule has 4 aromatic rings. The van der Waals surface area contributed by atoms with Crippen LogP contribution in [0.1, 0.15) is 27.0 Å². The third-order valence-electron chi connectivity index (χ3n) is 5.02. The van der Waals surface area contributed by atoms with E-state index >= 15 is 0 Å². The van der Waals surface area contributed by atoms with Gasteiger partial charge < -0.3 is 10.1 Å². The van der Waals surface area contributed by atoms with Crippen molar-refractivity contribution in [3.63, 3.8) is 0 Å². The molecular weight excluding hydrogens is 400 g/mol. The first-order valence-electron chi connectivity index (χ1n) is 9.27.